The van der Waals surface area contributed by atoms with Crippen molar-refractivity contribution in [1.29, 1.82) is 0 Å². The van der Waals surface area contributed by atoms with Crippen LogP contribution in [0.3, 0.4) is 0 Å². The maximum absolute atomic E-state index is 5.62. The summed E-state index contributed by atoms with van der Waals surface area (Å²) in [6.07, 6.45) is 0. The van der Waals surface area contributed by atoms with Crippen LogP contribution in [0.1, 0.15) is 12.5 Å². The lowest BCUT2D eigenvalue weighted by Crippen LogP contribution is -2.13. The number of nitrogens with zero attached hydrogens (tertiary/aromatic N) is 2. The van der Waals surface area contributed by atoms with E-state index in [0.29, 0.717) is 5.70 Å². The van der Waals surface area contributed by atoms with Crippen LogP contribution >= 0.6 is 0 Å². The zero-order chi connectivity index (χ0) is 12.0. The third-order valence-electron chi connectivity index (χ3n) is 1.87. The second-order valence-electron chi connectivity index (χ2n) is 3.16. The molecule has 16 heavy (non-hydrogen) atoms. The van der Waals surface area contributed by atoms with Crippen molar-refractivity contribution in [1.82, 2.24) is 0 Å². The smallest absolute Gasteiger partial charge is 0.220 e. The van der Waals surface area contributed by atoms with Gasteiger partial charge in [-0.2, -0.15) is 0 Å². The average Bonchev–Trinajstić information content (AvgIpc) is 2.29. The maximum atomic E-state index is 5.62. The van der Waals surface area contributed by atoms with Crippen molar-refractivity contribution in [3.05, 3.63) is 48.2 Å². The molecule has 0 saturated heterocycles. The maximum Gasteiger partial charge on any atom is 0.220 e. The van der Waals surface area contributed by atoms with Crippen LogP contribution in [0.4, 0.5) is 0 Å². The van der Waals surface area contributed by atoms with E-state index < -0.39 is 0 Å². The number of guanidine groups is 1. The highest BCUT2D eigenvalue weighted by atomic mass is 15.0. The van der Waals surface area contributed by atoms with Gasteiger partial charge < -0.3 is 11.5 Å². The van der Waals surface area contributed by atoms with Gasteiger partial charge in [-0.25, -0.2) is 9.98 Å². The summed E-state index contributed by atoms with van der Waals surface area (Å²) in [5.41, 5.74) is 13.1. The fourth-order valence-electron chi connectivity index (χ4n) is 1.04. The number of hydrogen-bond donors (Lipinski definition) is 2. The van der Waals surface area contributed by atoms with E-state index in [4.69, 9.17) is 11.5 Å². The molecule has 4 N–H and O–H groups in total. The fraction of sp³-hybridized carbons (Fsp3) is 0.167. The summed E-state index contributed by atoms with van der Waals surface area (Å²) in [7, 11) is 0. The van der Waals surface area contributed by atoms with Gasteiger partial charge in [-0.05, 0) is 25.1 Å². The Morgan fingerprint density at radius 3 is 2.75 bits per heavy atom. The molecule has 0 spiro atoms. The fourth-order valence-corrected chi connectivity index (χ4v) is 1.04. The van der Waals surface area contributed by atoms with Crippen LogP contribution in [0.5, 0.6) is 0 Å². The summed E-state index contributed by atoms with van der Waals surface area (Å²) < 4.78 is 0. The monoisotopic (exact) mass is 214 g/mol. The molecule has 0 atom stereocenters. The van der Waals surface area contributed by atoms with E-state index in [1.807, 2.05) is 13.0 Å². The van der Waals surface area contributed by atoms with Crippen molar-refractivity contribution >= 4 is 11.7 Å². The molecule has 0 aliphatic heterocycles. The Morgan fingerprint density at radius 2 is 2.19 bits per heavy atom. The van der Waals surface area contributed by atoms with Crippen LogP contribution in [-0.2, 0) is 0 Å². The Bertz CT molecular complexity index is 418. The van der Waals surface area contributed by atoms with E-state index >= 15 is 0 Å². The van der Waals surface area contributed by atoms with E-state index in [0.717, 1.165) is 11.3 Å². The van der Waals surface area contributed by atoms with E-state index in [1.54, 1.807) is 12.1 Å². The standard InChI is InChI=1S/C12H14N4/c1-9(8-13)15-12(14)16-10(2)11-6-4-3-5-7-11/h4,6-7H,1,8,13H2,2H3,(H2,14,15)/b16-10+. The molecule has 0 radical (unpaired) electrons. The van der Waals surface area contributed by atoms with Gasteiger partial charge in [-0.3, -0.25) is 0 Å². The van der Waals surface area contributed by atoms with Gasteiger partial charge >= 0.3 is 0 Å². The second kappa shape index (κ2) is 5.69. The SMILES string of the molecule is C=C(CN)/N=C(N)\N=C(/C)c1cc#ccc1. The van der Waals surface area contributed by atoms with Gasteiger partial charge in [-0.1, -0.05) is 18.7 Å². The average molecular weight is 214 g/mol. The second-order valence-corrected chi connectivity index (χ2v) is 3.16. The van der Waals surface area contributed by atoms with Gasteiger partial charge in [0.1, 0.15) is 0 Å². The van der Waals surface area contributed by atoms with E-state index in [2.05, 4.69) is 28.7 Å². The first-order chi connectivity index (χ1) is 7.63. The summed E-state index contributed by atoms with van der Waals surface area (Å²) in [5, 5.41) is 0. The van der Waals surface area contributed by atoms with Crippen molar-refractivity contribution < 1.29 is 0 Å². The molecule has 0 unspecified atom stereocenters. The van der Waals surface area contributed by atoms with Crippen molar-refractivity contribution in [2.75, 3.05) is 6.54 Å². The van der Waals surface area contributed by atoms with Gasteiger partial charge in [-0.15, -0.1) is 0 Å². The largest absolute Gasteiger partial charge is 0.368 e. The molecule has 0 aromatic heterocycles. The minimum absolute atomic E-state index is 0.154. The lowest BCUT2D eigenvalue weighted by molar-refractivity contribution is 1.11. The summed E-state index contributed by atoms with van der Waals surface area (Å²) >= 11 is 0. The first kappa shape index (κ1) is 12.0. The van der Waals surface area contributed by atoms with Gasteiger partial charge in [0.15, 0.2) is 0 Å². The summed E-state index contributed by atoms with van der Waals surface area (Å²) in [5.74, 6) is 0.154. The molecule has 0 fully saturated rings. The molecule has 0 bridgehead atoms. The Labute approximate surface area is 95.4 Å². The lowest BCUT2D eigenvalue weighted by atomic mass is 10.2. The van der Waals surface area contributed by atoms with Crippen LogP contribution in [0.15, 0.2) is 40.5 Å². The van der Waals surface area contributed by atoms with Crippen molar-refractivity contribution in [2.24, 2.45) is 21.5 Å². The molecule has 1 aromatic carbocycles. The number of rotatable bonds is 3. The molecule has 0 heterocycles. The van der Waals surface area contributed by atoms with E-state index in [9.17, 15) is 0 Å². The minimum Gasteiger partial charge on any atom is -0.368 e. The minimum atomic E-state index is 0.154. The predicted molar refractivity (Wildman–Crippen MR) is 66.1 cm³/mol. The Kier molecular flexibility index (Phi) is 4.25. The van der Waals surface area contributed by atoms with E-state index in [-0.39, 0.29) is 12.5 Å². The zero-order valence-electron chi connectivity index (χ0n) is 9.20. The first-order valence-corrected chi connectivity index (χ1v) is 4.79. The van der Waals surface area contributed by atoms with Crippen LogP contribution in [-0.4, -0.2) is 18.2 Å². The molecular weight excluding hydrogens is 200 g/mol. The number of nitrogens with two attached hydrogens (primary N) is 2. The molecule has 0 saturated carbocycles. The highest BCUT2D eigenvalue weighted by Gasteiger charge is 1.97. The molecular formula is C12H14N4. The molecule has 0 amide bonds. The summed E-state index contributed by atoms with van der Waals surface area (Å²) in [6.45, 7) is 5.73. The molecule has 0 aliphatic rings. The summed E-state index contributed by atoms with van der Waals surface area (Å²) in [6, 6.07) is 11.1. The third-order valence-corrected chi connectivity index (χ3v) is 1.87. The van der Waals surface area contributed by atoms with Gasteiger partial charge in [0.25, 0.3) is 0 Å². The zero-order valence-corrected chi connectivity index (χ0v) is 9.20. The van der Waals surface area contributed by atoms with Gasteiger partial charge in [0.05, 0.1) is 5.70 Å². The van der Waals surface area contributed by atoms with Crippen molar-refractivity contribution in [2.45, 2.75) is 6.92 Å². The Hall–Kier alpha value is -2.12. The quantitative estimate of drug-likeness (QED) is 0.579. The van der Waals surface area contributed by atoms with E-state index in [1.165, 1.54) is 0 Å². The Morgan fingerprint density at radius 1 is 1.44 bits per heavy atom. The van der Waals surface area contributed by atoms with Crippen molar-refractivity contribution in [3.8, 4) is 0 Å². The van der Waals surface area contributed by atoms with Crippen LogP contribution in [0.25, 0.3) is 0 Å². The molecule has 4 nitrogen and oxygen atoms in total. The van der Waals surface area contributed by atoms with Crippen molar-refractivity contribution in [3.63, 3.8) is 0 Å². The first-order valence-electron chi connectivity index (χ1n) is 4.79. The van der Waals surface area contributed by atoms with Gasteiger partial charge in [0, 0.05) is 17.8 Å². The number of hydrogen-bond acceptors (Lipinski definition) is 2. The van der Waals surface area contributed by atoms with Crippen LogP contribution < -0.4 is 11.5 Å². The molecule has 1 rings (SSSR count). The molecule has 1 aromatic rings. The lowest BCUT2D eigenvalue weighted by Gasteiger charge is -1.99. The summed E-state index contributed by atoms with van der Waals surface area (Å²) in [4.78, 5) is 8.06. The Balaban J connectivity index is 2.85. The van der Waals surface area contributed by atoms with Crippen LogP contribution in [0.2, 0.25) is 0 Å². The number of aliphatic imine (C=N–C) groups is 2. The third kappa shape index (κ3) is 3.56. The highest BCUT2D eigenvalue weighted by Crippen LogP contribution is 1.98. The normalized spacial score (nSPS) is 12.1. The predicted octanol–water partition coefficient (Wildman–Crippen LogP) is 0.883. The molecule has 0 aliphatic carbocycles. The molecule has 82 valence electrons. The highest BCUT2D eigenvalue weighted by molar-refractivity contribution is 6.05. The van der Waals surface area contributed by atoms with Gasteiger partial charge in [0.2, 0.25) is 5.96 Å². The molecule has 4 heteroatoms. The van der Waals surface area contributed by atoms with Crippen LogP contribution in [0, 0.1) is 12.1 Å². The topological polar surface area (TPSA) is 76.8 Å².